The van der Waals surface area contributed by atoms with Gasteiger partial charge in [0.05, 0.1) is 11.8 Å². The van der Waals surface area contributed by atoms with Crippen molar-refractivity contribution in [2.75, 3.05) is 11.9 Å². The number of hydrogen-bond acceptors (Lipinski definition) is 2. The third kappa shape index (κ3) is 3.40. The lowest BCUT2D eigenvalue weighted by Gasteiger charge is -2.05. The summed E-state index contributed by atoms with van der Waals surface area (Å²) in [4.78, 5) is 23.4. The van der Waals surface area contributed by atoms with E-state index in [2.05, 4.69) is 17.2 Å². The van der Waals surface area contributed by atoms with Crippen LogP contribution >= 0.6 is 0 Å². The maximum Gasteiger partial charge on any atom is 0.228 e. The predicted molar refractivity (Wildman–Crippen MR) is 69.8 cm³/mol. The topological polar surface area (TPSA) is 58.2 Å². The quantitative estimate of drug-likeness (QED) is 0.793. The number of hydrogen-bond donors (Lipinski definition) is 2. The second-order valence-corrected chi connectivity index (χ2v) is 4.48. The molecule has 2 amide bonds. The van der Waals surface area contributed by atoms with Crippen LogP contribution in [0, 0.1) is 17.7 Å². The van der Waals surface area contributed by atoms with Gasteiger partial charge in [-0.1, -0.05) is 12.1 Å². The predicted octanol–water partition coefficient (Wildman–Crippen LogP) is 1.70. The van der Waals surface area contributed by atoms with E-state index < -0.39 is 5.82 Å². The van der Waals surface area contributed by atoms with E-state index in [0.717, 1.165) is 0 Å². The fraction of sp³-hybridized carbons (Fsp3) is 0.286. The Kier molecular flexibility index (Phi) is 3.94. The molecule has 0 aromatic heterocycles. The first-order chi connectivity index (χ1) is 9.11. The second kappa shape index (κ2) is 5.65. The standard InChI is InChI=1S/C14H15FN2O2/c1-2-6-16-13(18)11-8-12(11)14(19)17-10-5-3-4-9(15)7-10/h2-5,7,11-12H,1,6,8H2,(H,16,18)(H,17,19). The lowest BCUT2D eigenvalue weighted by molar-refractivity contribution is -0.125. The molecule has 5 heteroatoms. The molecule has 4 nitrogen and oxygen atoms in total. The first-order valence-corrected chi connectivity index (χ1v) is 6.07. The Morgan fingerprint density at radius 3 is 2.79 bits per heavy atom. The molecule has 1 fully saturated rings. The van der Waals surface area contributed by atoms with Crippen molar-refractivity contribution < 1.29 is 14.0 Å². The Hall–Kier alpha value is -2.17. The van der Waals surface area contributed by atoms with Crippen LogP contribution in [-0.4, -0.2) is 18.4 Å². The van der Waals surface area contributed by atoms with E-state index in [-0.39, 0.29) is 23.7 Å². The van der Waals surface area contributed by atoms with Crippen LogP contribution in [0.5, 0.6) is 0 Å². The molecule has 1 aliphatic carbocycles. The molecule has 1 aromatic rings. The van der Waals surface area contributed by atoms with Crippen molar-refractivity contribution in [3.63, 3.8) is 0 Å². The molecule has 0 saturated heterocycles. The Morgan fingerprint density at radius 1 is 1.37 bits per heavy atom. The van der Waals surface area contributed by atoms with Gasteiger partial charge in [0.2, 0.25) is 11.8 Å². The summed E-state index contributed by atoms with van der Waals surface area (Å²) in [6.45, 7) is 3.90. The summed E-state index contributed by atoms with van der Waals surface area (Å²) in [5, 5.41) is 5.26. The monoisotopic (exact) mass is 262 g/mol. The molecule has 2 unspecified atom stereocenters. The molecule has 0 aliphatic heterocycles. The van der Waals surface area contributed by atoms with Gasteiger partial charge in [0.1, 0.15) is 5.82 Å². The van der Waals surface area contributed by atoms with Crippen molar-refractivity contribution in [1.29, 1.82) is 0 Å². The first-order valence-electron chi connectivity index (χ1n) is 6.07. The molecule has 1 aromatic carbocycles. The summed E-state index contributed by atoms with van der Waals surface area (Å²) < 4.78 is 13.0. The summed E-state index contributed by atoms with van der Waals surface area (Å²) in [7, 11) is 0. The highest BCUT2D eigenvalue weighted by Crippen LogP contribution is 2.39. The summed E-state index contributed by atoms with van der Waals surface area (Å²) >= 11 is 0. The molecule has 0 spiro atoms. The number of benzene rings is 1. The average molecular weight is 262 g/mol. The Labute approximate surface area is 110 Å². The molecule has 1 aliphatic rings. The molecule has 2 atom stereocenters. The largest absolute Gasteiger partial charge is 0.352 e. The summed E-state index contributed by atoms with van der Waals surface area (Å²) in [6, 6.07) is 5.67. The third-order valence-corrected chi connectivity index (χ3v) is 2.98. The number of anilines is 1. The summed E-state index contributed by atoms with van der Waals surface area (Å²) in [5.41, 5.74) is 0.405. The van der Waals surface area contributed by atoms with Crippen molar-refractivity contribution >= 4 is 17.5 Å². The highest BCUT2D eigenvalue weighted by Gasteiger charge is 2.47. The van der Waals surface area contributed by atoms with Crippen LogP contribution in [-0.2, 0) is 9.59 Å². The lowest BCUT2D eigenvalue weighted by Crippen LogP contribution is -2.27. The van der Waals surface area contributed by atoms with E-state index in [1.807, 2.05) is 0 Å². The minimum Gasteiger partial charge on any atom is -0.352 e. The van der Waals surface area contributed by atoms with Gasteiger partial charge >= 0.3 is 0 Å². The van der Waals surface area contributed by atoms with E-state index in [9.17, 15) is 14.0 Å². The zero-order valence-corrected chi connectivity index (χ0v) is 10.4. The third-order valence-electron chi connectivity index (χ3n) is 2.98. The molecule has 0 radical (unpaired) electrons. The van der Waals surface area contributed by atoms with Gasteiger partial charge in [-0.2, -0.15) is 0 Å². The number of carbonyl (C=O) groups excluding carboxylic acids is 2. The van der Waals surface area contributed by atoms with Crippen molar-refractivity contribution in [1.82, 2.24) is 5.32 Å². The zero-order valence-electron chi connectivity index (χ0n) is 10.4. The molecular weight excluding hydrogens is 247 g/mol. The van der Waals surface area contributed by atoms with Crippen LogP contribution in [0.3, 0.4) is 0 Å². The van der Waals surface area contributed by atoms with Crippen LogP contribution in [0.2, 0.25) is 0 Å². The number of halogens is 1. The van der Waals surface area contributed by atoms with Gasteiger partial charge in [0, 0.05) is 12.2 Å². The van der Waals surface area contributed by atoms with E-state index in [0.29, 0.717) is 18.7 Å². The molecule has 0 heterocycles. The van der Waals surface area contributed by atoms with Gasteiger partial charge < -0.3 is 10.6 Å². The molecule has 100 valence electrons. The Bertz CT molecular complexity index is 516. The summed E-state index contributed by atoms with van der Waals surface area (Å²) in [6.07, 6.45) is 2.12. The number of nitrogens with one attached hydrogen (secondary N) is 2. The van der Waals surface area contributed by atoms with E-state index in [1.165, 1.54) is 18.2 Å². The number of rotatable bonds is 5. The average Bonchev–Trinajstić information content (AvgIpc) is 3.16. The highest BCUT2D eigenvalue weighted by molar-refractivity contribution is 5.99. The van der Waals surface area contributed by atoms with Gasteiger partial charge in [-0.25, -0.2) is 4.39 Å². The van der Waals surface area contributed by atoms with Crippen LogP contribution in [0.4, 0.5) is 10.1 Å². The number of amides is 2. The van der Waals surface area contributed by atoms with E-state index in [4.69, 9.17) is 0 Å². The van der Waals surface area contributed by atoms with Crippen molar-refractivity contribution in [3.05, 3.63) is 42.7 Å². The second-order valence-electron chi connectivity index (χ2n) is 4.48. The van der Waals surface area contributed by atoms with Gasteiger partial charge in [-0.05, 0) is 24.6 Å². The van der Waals surface area contributed by atoms with Crippen molar-refractivity contribution in [2.45, 2.75) is 6.42 Å². The minimum absolute atomic E-state index is 0.140. The number of carbonyl (C=O) groups is 2. The van der Waals surface area contributed by atoms with Crippen molar-refractivity contribution in [3.8, 4) is 0 Å². The molecule has 0 bridgehead atoms. The SMILES string of the molecule is C=CCNC(=O)C1CC1C(=O)Nc1cccc(F)c1. The van der Waals surface area contributed by atoms with Gasteiger partial charge in [0.25, 0.3) is 0 Å². The maximum absolute atomic E-state index is 13.0. The van der Waals surface area contributed by atoms with Crippen LogP contribution in [0.25, 0.3) is 0 Å². The lowest BCUT2D eigenvalue weighted by atomic mass is 10.2. The maximum atomic E-state index is 13.0. The van der Waals surface area contributed by atoms with Gasteiger partial charge in [-0.15, -0.1) is 6.58 Å². The minimum atomic E-state index is -0.408. The molecule has 19 heavy (non-hydrogen) atoms. The molecular formula is C14H15FN2O2. The van der Waals surface area contributed by atoms with E-state index in [1.54, 1.807) is 12.1 Å². The molecule has 1 saturated carbocycles. The fourth-order valence-corrected chi connectivity index (χ4v) is 1.88. The van der Waals surface area contributed by atoms with Gasteiger partial charge in [0.15, 0.2) is 0 Å². The Balaban J connectivity index is 1.86. The highest BCUT2D eigenvalue weighted by atomic mass is 19.1. The smallest absolute Gasteiger partial charge is 0.228 e. The normalized spacial score (nSPS) is 20.5. The Morgan fingerprint density at radius 2 is 2.11 bits per heavy atom. The fourth-order valence-electron chi connectivity index (χ4n) is 1.88. The van der Waals surface area contributed by atoms with Crippen LogP contribution in [0.1, 0.15) is 6.42 Å². The molecule has 2 N–H and O–H groups in total. The van der Waals surface area contributed by atoms with Crippen molar-refractivity contribution in [2.24, 2.45) is 11.8 Å². The zero-order chi connectivity index (χ0) is 13.8. The van der Waals surface area contributed by atoms with Crippen LogP contribution in [0.15, 0.2) is 36.9 Å². The first kappa shape index (κ1) is 13.3. The van der Waals surface area contributed by atoms with E-state index >= 15 is 0 Å². The summed E-state index contributed by atoms with van der Waals surface area (Å²) in [5.74, 6) is -1.40. The van der Waals surface area contributed by atoms with Gasteiger partial charge in [-0.3, -0.25) is 9.59 Å². The molecule has 2 rings (SSSR count). The van der Waals surface area contributed by atoms with Crippen LogP contribution < -0.4 is 10.6 Å².